The van der Waals surface area contributed by atoms with E-state index in [1.54, 1.807) is 13.2 Å². The summed E-state index contributed by atoms with van der Waals surface area (Å²) in [5, 5.41) is 8.71. The Morgan fingerprint density at radius 3 is 2.33 bits per heavy atom. The highest BCUT2D eigenvalue weighted by molar-refractivity contribution is 7.90. The largest absolute Gasteiger partial charge is 0.497 e. The standard InChI is InChI=1S/C20H22F2N4O3S/c1-23-20(19-16(21)10-15(11-17(19)22)30(3,27)28)25-9-8-18(26-20)24-12-13-4-6-14(29-2)7-5-13/h4-11,23,25H,12H2,1-3H3,(H,24,26). The SMILES string of the molecule is CNC1(c2c(F)cc(S(C)(=O)=O)cc2F)N=C(NCc2ccc(OC)cc2)C=CN1. The van der Waals surface area contributed by atoms with Crippen LogP contribution in [-0.2, 0) is 22.2 Å². The van der Waals surface area contributed by atoms with Gasteiger partial charge in [0.25, 0.3) is 0 Å². The van der Waals surface area contributed by atoms with E-state index in [1.807, 2.05) is 24.3 Å². The van der Waals surface area contributed by atoms with Crippen molar-refractivity contribution in [2.24, 2.45) is 4.99 Å². The molecule has 0 amide bonds. The Balaban J connectivity index is 1.91. The fraction of sp³-hybridized carbons (Fsp3) is 0.250. The number of halogens is 2. The minimum Gasteiger partial charge on any atom is -0.497 e. The first-order chi connectivity index (χ1) is 14.2. The molecule has 0 fully saturated rings. The maximum atomic E-state index is 14.8. The Bertz CT molecular complexity index is 1080. The van der Waals surface area contributed by atoms with Crippen molar-refractivity contribution in [1.29, 1.82) is 0 Å². The van der Waals surface area contributed by atoms with Crippen molar-refractivity contribution in [2.45, 2.75) is 17.2 Å². The molecule has 7 nitrogen and oxygen atoms in total. The quantitative estimate of drug-likeness (QED) is 0.642. The number of nitrogens with one attached hydrogen (secondary N) is 3. The number of sulfone groups is 1. The van der Waals surface area contributed by atoms with Gasteiger partial charge in [0.1, 0.15) is 23.2 Å². The van der Waals surface area contributed by atoms with E-state index in [2.05, 4.69) is 20.9 Å². The maximum absolute atomic E-state index is 14.8. The molecule has 0 bridgehead atoms. The summed E-state index contributed by atoms with van der Waals surface area (Å²) in [7, 11) is -0.699. The number of methoxy groups -OCH3 is 1. The zero-order valence-electron chi connectivity index (χ0n) is 16.7. The van der Waals surface area contributed by atoms with Crippen molar-refractivity contribution < 1.29 is 21.9 Å². The monoisotopic (exact) mass is 436 g/mol. The summed E-state index contributed by atoms with van der Waals surface area (Å²) >= 11 is 0. The lowest BCUT2D eigenvalue weighted by Crippen LogP contribution is -2.53. The summed E-state index contributed by atoms with van der Waals surface area (Å²) < 4.78 is 58.1. The van der Waals surface area contributed by atoms with Crippen molar-refractivity contribution >= 4 is 15.7 Å². The number of rotatable bonds is 6. The predicted molar refractivity (Wildman–Crippen MR) is 110 cm³/mol. The predicted octanol–water partition coefficient (Wildman–Crippen LogP) is 2.01. The Hall–Kier alpha value is -2.98. The molecule has 2 aromatic carbocycles. The molecule has 1 unspecified atom stereocenters. The first kappa shape index (κ1) is 21.7. The van der Waals surface area contributed by atoms with Gasteiger partial charge in [-0.2, -0.15) is 0 Å². The van der Waals surface area contributed by atoms with E-state index in [1.165, 1.54) is 13.2 Å². The van der Waals surface area contributed by atoms with Gasteiger partial charge in [-0.25, -0.2) is 22.2 Å². The lowest BCUT2D eigenvalue weighted by molar-refractivity contribution is 0.301. The van der Waals surface area contributed by atoms with Gasteiger partial charge in [0.05, 0.1) is 17.6 Å². The summed E-state index contributed by atoms with van der Waals surface area (Å²) in [5.41, 5.74) is 0.515. The third kappa shape index (κ3) is 4.44. The number of ether oxygens (including phenoxy) is 1. The second-order valence-electron chi connectivity index (χ2n) is 6.67. The fourth-order valence-corrected chi connectivity index (χ4v) is 3.65. The molecule has 160 valence electrons. The molecule has 1 atom stereocenters. The van der Waals surface area contributed by atoms with Crippen LogP contribution in [0.25, 0.3) is 0 Å². The smallest absolute Gasteiger partial charge is 0.219 e. The molecular formula is C20H22F2N4O3S. The molecule has 10 heteroatoms. The summed E-state index contributed by atoms with van der Waals surface area (Å²) in [5.74, 6) is -2.61. The van der Waals surface area contributed by atoms with Gasteiger partial charge in [-0.05, 0) is 43.0 Å². The molecule has 1 aliphatic heterocycles. The highest BCUT2D eigenvalue weighted by Crippen LogP contribution is 2.29. The summed E-state index contributed by atoms with van der Waals surface area (Å²) in [4.78, 5) is 3.96. The van der Waals surface area contributed by atoms with Gasteiger partial charge in [0.2, 0.25) is 5.79 Å². The minimum absolute atomic E-state index is 0.380. The average Bonchev–Trinajstić information content (AvgIpc) is 2.71. The average molecular weight is 436 g/mol. The number of hydrogen-bond donors (Lipinski definition) is 3. The second-order valence-corrected chi connectivity index (χ2v) is 8.69. The van der Waals surface area contributed by atoms with Gasteiger partial charge in [0, 0.05) is 19.0 Å². The molecule has 0 radical (unpaired) electrons. The molecule has 0 aliphatic carbocycles. The van der Waals surface area contributed by atoms with Gasteiger partial charge in [-0.1, -0.05) is 12.1 Å². The molecule has 0 saturated heterocycles. The van der Waals surface area contributed by atoms with E-state index in [9.17, 15) is 17.2 Å². The molecule has 30 heavy (non-hydrogen) atoms. The van der Waals surface area contributed by atoms with E-state index in [-0.39, 0.29) is 0 Å². The number of aliphatic imine (C=N–C) groups is 1. The van der Waals surface area contributed by atoms with Gasteiger partial charge in [-0.15, -0.1) is 0 Å². The first-order valence-electron chi connectivity index (χ1n) is 8.98. The molecule has 3 N–H and O–H groups in total. The number of nitrogens with zero attached hydrogens (tertiary/aromatic N) is 1. The van der Waals surface area contributed by atoms with Crippen LogP contribution in [0.4, 0.5) is 8.78 Å². The molecule has 1 aliphatic rings. The summed E-state index contributed by atoms with van der Waals surface area (Å²) in [6.07, 6.45) is 4.01. The van der Waals surface area contributed by atoms with Crippen LogP contribution in [-0.4, -0.2) is 34.7 Å². The van der Waals surface area contributed by atoms with E-state index < -0.39 is 37.7 Å². The number of benzene rings is 2. The third-order valence-corrected chi connectivity index (χ3v) is 5.71. The van der Waals surface area contributed by atoms with E-state index >= 15 is 0 Å². The van der Waals surface area contributed by atoms with Crippen LogP contribution in [0.15, 0.2) is 58.6 Å². The topological polar surface area (TPSA) is 91.8 Å². The van der Waals surface area contributed by atoms with Crippen LogP contribution in [0.2, 0.25) is 0 Å². The first-order valence-corrected chi connectivity index (χ1v) is 10.9. The van der Waals surface area contributed by atoms with Crippen molar-refractivity contribution in [3.05, 3.63) is 71.4 Å². The summed E-state index contributed by atoms with van der Waals surface area (Å²) in [6.45, 7) is 0.422. The Kier molecular flexibility index (Phi) is 6.09. The molecule has 2 aromatic rings. The van der Waals surface area contributed by atoms with Gasteiger partial charge < -0.3 is 15.4 Å². The highest BCUT2D eigenvalue weighted by atomic mass is 32.2. The van der Waals surface area contributed by atoms with Crippen LogP contribution < -0.4 is 20.7 Å². The van der Waals surface area contributed by atoms with Gasteiger partial charge in [-0.3, -0.25) is 5.32 Å². The van der Waals surface area contributed by atoms with Crippen molar-refractivity contribution in [1.82, 2.24) is 16.0 Å². The van der Waals surface area contributed by atoms with E-state index in [4.69, 9.17) is 4.74 Å². The van der Waals surface area contributed by atoms with Gasteiger partial charge in [0.15, 0.2) is 9.84 Å². The third-order valence-electron chi connectivity index (χ3n) is 4.62. The van der Waals surface area contributed by atoms with Crippen LogP contribution in [0.1, 0.15) is 11.1 Å². The second kappa shape index (κ2) is 8.41. The lowest BCUT2D eigenvalue weighted by atomic mass is 10.1. The fourth-order valence-electron chi connectivity index (χ4n) is 3.02. The normalized spacial score (nSPS) is 18.5. The van der Waals surface area contributed by atoms with Gasteiger partial charge >= 0.3 is 0 Å². The van der Waals surface area contributed by atoms with Crippen LogP contribution >= 0.6 is 0 Å². The summed E-state index contributed by atoms with van der Waals surface area (Å²) in [6, 6.07) is 8.98. The van der Waals surface area contributed by atoms with Crippen LogP contribution in [0.5, 0.6) is 5.75 Å². The van der Waals surface area contributed by atoms with Crippen molar-refractivity contribution in [3.63, 3.8) is 0 Å². The molecule has 1 heterocycles. The lowest BCUT2D eigenvalue weighted by Gasteiger charge is -2.34. The number of amidine groups is 1. The molecular weight excluding hydrogens is 414 g/mol. The van der Waals surface area contributed by atoms with E-state index in [0.29, 0.717) is 12.4 Å². The van der Waals surface area contributed by atoms with Crippen LogP contribution in [0, 0.1) is 11.6 Å². The van der Waals surface area contributed by atoms with Crippen molar-refractivity contribution in [2.75, 3.05) is 20.4 Å². The Morgan fingerprint density at radius 2 is 1.80 bits per heavy atom. The van der Waals surface area contributed by atoms with Crippen LogP contribution in [0.3, 0.4) is 0 Å². The zero-order chi connectivity index (χ0) is 21.9. The molecule has 0 saturated carbocycles. The molecule has 0 spiro atoms. The maximum Gasteiger partial charge on any atom is 0.219 e. The van der Waals surface area contributed by atoms with Crippen molar-refractivity contribution in [3.8, 4) is 5.75 Å². The molecule has 0 aromatic heterocycles. The highest BCUT2D eigenvalue weighted by Gasteiger charge is 2.37. The Morgan fingerprint density at radius 1 is 1.17 bits per heavy atom. The minimum atomic E-state index is -3.77. The van der Waals surface area contributed by atoms with E-state index in [0.717, 1.165) is 29.7 Å². The number of hydrogen-bond acceptors (Lipinski definition) is 7. The zero-order valence-corrected chi connectivity index (χ0v) is 17.5. The Labute approximate surface area is 173 Å². The molecule has 3 rings (SSSR count).